The van der Waals surface area contributed by atoms with Crippen LogP contribution in [-0.2, 0) is 6.54 Å². The highest BCUT2D eigenvalue weighted by atomic mass is 19.1. The van der Waals surface area contributed by atoms with Crippen molar-refractivity contribution in [3.05, 3.63) is 41.1 Å². The van der Waals surface area contributed by atoms with Crippen LogP contribution >= 0.6 is 0 Å². The molecule has 0 amide bonds. The molecule has 102 valence electrons. The zero-order chi connectivity index (χ0) is 14.0. The molecule has 2 N–H and O–H groups in total. The van der Waals surface area contributed by atoms with Crippen LogP contribution in [0.4, 0.5) is 8.78 Å². The first-order valence-corrected chi connectivity index (χ1v) is 6.21. The lowest BCUT2D eigenvalue weighted by atomic mass is 10.1. The van der Waals surface area contributed by atoms with Crippen LogP contribution in [0.25, 0.3) is 11.3 Å². The summed E-state index contributed by atoms with van der Waals surface area (Å²) in [6.45, 7) is 6.21. The molecule has 0 bridgehead atoms. The van der Waals surface area contributed by atoms with E-state index in [0.29, 0.717) is 23.8 Å². The second-order valence-corrected chi connectivity index (χ2v) is 4.90. The molecule has 1 aromatic carbocycles. The highest BCUT2D eigenvalue weighted by Gasteiger charge is 2.12. The predicted octanol–water partition coefficient (Wildman–Crippen LogP) is 3.16. The first kappa shape index (κ1) is 13.7. The molecule has 0 spiro atoms. The predicted molar refractivity (Wildman–Crippen MR) is 70.7 cm³/mol. The van der Waals surface area contributed by atoms with Gasteiger partial charge in [-0.25, -0.2) is 8.78 Å². The van der Waals surface area contributed by atoms with Crippen LogP contribution in [0.1, 0.15) is 25.1 Å². The summed E-state index contributed by atoms with van der Waals surface area (Å²) in [6, 6.07) is 4.44. The summed E-state index contributed by atoms with van der Waals surface area (Å²) >= 11 is 0. The highest BCUT2D eigenvalue weighted by Crippen LogP contribution is 2.24. The quantitative estimate of drug-likeness (QED) is 0.891. The Hall–Kier alpha value is -1.75. The molecular weight excluding hydrogens is 248 g/mol. The van der Waals surface area contributed by atoms with Crippen LogP contribution in [-0.4, -0.2) is 16.2 Å². The number of rotatable bonds is 4. The summed E-state index contributed by atoms with van der Waals surface area (Å²) in [4.78, 5) is 0. The third-order valence-corrected chi connectivity index (χ3v) is 2.86. The van der Waals surface area contributed by atoms with Crippen LogP contribution < -0.4 is 5.32 Å². The number of nitrogens with zero attached hydrogens (tertiary/aromatic N) is 1. The van der Waals surface area contributed by atoms with E-state index in [4.69, 9.17) is 0 Å². The number of aryl methyl sites for hydroxylation is 1. The normalized spacial score (nSPS) is 11.3. The van der Waals surface area contributed by atoms with Crippen molar-refractivity contribution < 1.29 is 8.78 Å². The molecule has 0 saturated carbocycles. The summed E-state index contributed by atoms with van der Waals surface area (Å²) in [5.41, 5.74) is 1.72. The van der Waals surface area contributed by atoms with Gasteiger partial charge in [-0.05, 0) is 30.7 Å². The van der Waals surface area contributed by atoms with Gasteiger partial charge in [-0.3, -0.25) is 5.10 Å². The Balaban J connectivity index is 2.25. The fourth-order valence-corrected chi connectivity index (χ4v) is 1.75. The van der Waals surface area contributed by atoms with Crippen LogP contribution in [0.2, 0.25) is 0 Å². The van der Waals surface area contributed by atoms with Gasteiger partial charge in [0.2, 0.25) is 0 Å². The van der Waals surface area contributed by atoms with Crippen molar-refractivity contribution >= 4 is 0 Å². The maximum absolute atomic E-state index is 13.8. The Morgan fingerprint density at radius 1 is 1.21 bits per heavy atom. The van der Waals surface area contributed by atoms with Crippen LogP contribution in [0.5, 0.6) is 0 Å². The molecule has 2 rings (SSSR count). The van der Waals surface area contributed by atoms with E-state index in [-0.39, 0.29) is 5.56 Å². The fourth-order valence-electron chi connectivity index (χ4n) is 1.75. The lowest BCUT2D eigenvalue weighted by Crippen LogP contribution is -2.21. The van der Waals surface area contributed by atoms with E-state index in [1.165, 1.54) is 19.1 Å². The molecule has 1 aromatic heterocycles. The van der Waals surface area contributed by atoms with Gasteiger partial charge in [0, 0.05) is 23.8 Å². The topological polar surface area (TPSA) is 40.7 Å². The summed E-state index contributed by atoms with van der Waals surface area (Å²) in [6.07, 6.45) is 0. The largest absolute Gasteiger partial charge is 0.309 e. The molecule has 1 heterocycles. The fraction of sp³-hybridized carbons (Fsp3) is 0.357. The molecule has 0 atom stereocenters. The summed E-state index contributed by atoms with van der Waals surface area (Å²) in [5.74, 6) is -0.893. The Morgan fingerprint density at radius 3 is 2.63 bits per heavy atom. The average molecular weight is 265 g/mol. The Kier molecular flexibility index (Phi) is 3.95. The van der Waals surface area contributed by atoms with Crippen molar-refractivity contribution in [3.63, 3.8) is 0 Å². The van der Waals surface area contributed by atoms with Gasteiger partial charge < -0.3 is 5.32 Å². The zero-order valence-corrected chi connectivity index (χ0v) is 11.2. The van der Waals surface area contributed by atoms with Crippen molar-refractivity contribution in [2.75, 3.05) is 0 Å². The van der Waals surface area contributed by atoms with E-state index in [2.05, 4.69) is 15.5 Å². The molecule has 0 aliphatic rings. The van der Waals surface area contributed by atoms with Gasteiger partial charge in [-0.2, -0.15) is 5.10 Å². The number of nitrogens with one attached hydrogen (secondary N) is 2. The van der Waals surface area contributed by atoms with E-state index >= 15 is 0 Å². The van der Waals surface area contributed by atoms with Gasteiger partial charge >= 0.3 is 0 Å². The van der Waals surface area contributed by atoms with E-state index in [1.807, 2.05) is 13.8 Å². The molecule has 0 fully saturated rings. The Labute approximate surface area is 111 Å². The lowest BCUT2D eigenvalue weighted by Gasteiger charge is -2.05. The van der Waals surface area contributed by atoms with Crippen molar-refractivity contribution in [1.82, 2.24) is 15.5 Å². The second-order valence-electron chi connectivity index (χ2n) is 4.90. The number of aromatic nitrogens is 2. The third kappa shape index (κ3) is 3.17. The second kappa shape index (κ2) is 5.48. The number of halogens is 2. The zero-order valence-electron chi connectivity index (χ0n) is 11.2. The van der Waals surface area contributed by atoms with E-state index < -0.39 is 11.6 Å². The minimum Gasteiger partial charge on any atom is -0.309 e. The minimum absolute atomic E-state index is 0.176. The number of hydrogen-bond acceptors (Lipinski definition) is 2. The first-order chi connectivity index (χ1) is 8.97. The molecule has 3 nitrogen and oxygen atoms in total. The van der Waals surface area contributed by atoms with Gasteiger partial charge in [-0.1, -0.05) is 13.8 Å². The van der Waals surface area contributed by atoms with Crippen LogP contribution in [0.3, 0.4) is 0 Å². The first-order valence-electron chi connectivity index (χ1n) is 6.21. The van der Waals surface area contributed by atoms with Crippen LogP contribution in [0, 0.1) is 18.6 Å². The van der Waals surface area contributed by atoms with E-state index in [9.17, 15) is 8.78 Å². The Morgan fingerprint density at radius 2 is 1.95 bits per heavy atom. The highest BCUT2D eigenvalue weighted by molar-refractivity contribution is 5.60. The standard InChI is InChI=1S/C14H17F2N3/c1-8(2)17-7-10-5-14(19-18-10)11-6-12(15)9(3)4-13(11)16/h4-6,8,17H,7H2,1-3H3,(H,18,19). The maximum Gasteiger partial charge on any atom is 0.133 e. The van der Waals surface area contributed by atoms with Gasteiger partial charge in [0.25, 0.3) is 0 Å². The number of hydrogen-bond donors (Lipinski definition) is 2. The smallest absolute Gasteiger partial charge is 0.133 e. The molecule has 0 aliphatic carbocycles. The van der Waals surface area contributed by atoms with Crippen molar-refractivity contribution in [2.24, 2.45) is 0 Å². The minimum atomic E-state index is -0.464. The summed E-state index contributed by atoms with van der Waals surface area (Å²) in [7, 11) is 0. The summed E-state index contributed by atoms with van der Waals surface area (Å²) in [5, 5.41) is 10.1. The monoisotopic (exact) mass is 265 g/mol. The van der Waals surface area contributed by atoms with Crippen molar-refractivity contribution in [3.8, 4) is 11.3 Å². The molecule has 0 radical (unpaired) electrons. The average Bonchev–Trinajstić information content (AvgIpc) is 2.80. The maximum atomic E-state index is 13.8. The molecule has 2 aromatic rings. The molecular formula is C14H17F2N3. The van der Waals surface area contributed by atoms with Gasteiger partial charge in [0.1, 0.15) is 11.6 Å². The van der Waals surface area contributed by atoms with Crippen LogP contribution in [0.15, 0.2) is 18.2 Å². The Bertz CT molecular complexity index is 576. The SMILES string of the molecule is Cc1cc(F)c(-c2cc(CNC(C)C)[nH]n2)cc1F. The van der Waals surface area contributed by atoms with Crippen molar-refractivity contribution in [2.45, 2.75) is 33.4 Å². The van der Waals surface area contributed by atoms with Gasteiger partial charge in [0.15, 0.2) is 0 Å². The number of H-pyrrole nitrogens is 1. The third-order valence-electron chi connectivity index (χ3n) is 2.86. The molecule has 0 unspecified atom stereocenters. The van der Waals surface area contributed by atoms with E-state index in [0.717, 1.165) is 5.69 Å². The molecule has 0 aliphatic heterocycles. The molecule has 0 saturated heterocycles. The molecule has 19 heavy (non-hydrogen) atoms. The van der Waals surface area contributed by atoms with Gasteiger partial charge in [0.05, 0.1) is 5.69 Å². The number of benzene rings is 1. The summed E-state index contributed by atoms with van der Waals surface area (Å²) < 4.78 is 27.3. The van der Waals surface area contributed by atoms with Crippen molar-refractivity contribution in [1.29, 1.82) is 0 Å². The lowest BCUT2D eigenvalue weighted by molar-refractivity contribution is 0.580. The van der Waals surface area contributed by atoms with Gasteiger partial charge in [-0.15, -0.1) is 0 Å². The van der Waals surface area contributed by atoms with E-state index in [1.54, 1.807) is 6.07 Å². The molecule has 5 heteroatoms. The number of aromatic amines is 1.